The Labute approximate surface area is 119 Å². The summed E-state index contributed by atoms with van der Waals surface area (Å²) < 4.78 is 15.0. The first-order valence-electron chi connectivity index (χ1n) is 7.13. The van der Waals surface area contributed by atoms with E-state index in [0.717, 1.165) is 37.2 Å². The van der Waals surface area contributed by atoms with Gasteiger partial charge in [-0.25, -0.2) is 9.37 Å². The number of aromatic nitrogens is 2. The zero-order valence-electron chi connectivity index (χ0n) is 12.1. The highest BCUT2D eigenvalue weighted by atomic mass is 19.1. The summed E-state index contributed by atoms with van der Waals surface area (Å²) in [6.45, 7) is 3.05. The average Bonchev–Trinajstić information content (AvgIpc) is 2.84. The Balaban J connectivity index is 1.93. The van der Waals surface area contributed by atoms with E-state index in [4.69, 9.17) is 0 Å². The van der Waals surface area contributed by atoms with E-state index in [-0.39, 0.29) is 5.82 Å². The fraction of sp³-hybridized carbons (Fsp3) is 0.438. The second-order valence-electron chi connectivity index (χ2n) is 5.08. The molecule has 1 aromatic heterocycles. The second-order valence-corrected chi connectivity index (χ2v) is 5.08. The lowest BCUT2D eigenvalue weighted by Crippen LogP contribution is -2.31. The van der Waals surface area contributed by atoms with Crippen LogP contribution in [0.15, 0.2) is 36.7 Å². The van der Waals surface area contributed by atoms with E-state index in [0.29, 0.717) is 6.04 Å². The lowest BCUT2D eigenvalue weighted by molar-refractivity contribution is 0.483. The molecule has 2 aromatic rings. The van der Waals surface area contributed by atoms with Crippen molar-refractivity contribution in [2.75, 3.05) is 6.54 Å². The number of likely N-dealkylation sites (N-methyl/N-ethyl adjacent to an activating group) is 1. The summed E-state index contributed by atoms with van der Waals surface area (Å²) >= 11 is 0. The minimum absolute atomic E-state index is 0.179. The number of nitrogens with one attached hydrogen (secondary N) is 1. The van der Waals surface area contributed by atoms with Gasteiger partial charge in [-0.05, 0) is 37.1 Å². The first-order valence-corrected chi connectivity index (χ1v) is 7.13. The van der Waals surface area contributed by atoms with Crippen molar-refractivity contribution in [1.29, 1.82) is 0 Å². The molecule has 2 rings (SSSR count). The van der Waals surface area contributed by atoms with E-state index in [2.05, 4.69) is 21.8 Å². The van der Waals surface area contributed by atoms with Gasteiger partial charge in [0.05, 0.1) is 0 Å². The Kier molecular flexibility index (Phi) is 5.30. The van der Waals surface area contributed by atoms with E-state index >= 15 is 0 Å². The molecule has 3 nitrogen and oxygen atoms in total. The van der Waals surface area contributed by atoms with Crippen LogP contribution in [0.5, 0.6) is 0 Å². The van der Waals surface area contributed by atoms with E-state index in [1.807, 2.05) is 31.6 Å². The molecular weight excluding hydrogens is 253 g/mol. The van der Waals surface area contributed by atoms with Crippen LogP contribution in [-0.4, -0.2) is 22.1 Å². The molecule has 0 spiro atoms. The molecular formula is C16H22FN3. The molecule has 4 heteroatoms. The molecule has 1 unspecified atom stereocenters. The molecule has 0 saturated heterocycles. The fourth-order valence-electron chi connectivity index (χ4n) is 2.41. The van der Waals surface area contributed by atoms with Gasteiger partial charge in [-0.1, -0.05) is 19.1 Å². The minimum Gasteiger partial charge on any atom is -0.338 e. The van der Waals surface area contributed by atoms with Gasteiger partial charge in [0.15, 0.2) is 0 Å². The molecule has 108 valence electrons. The third kappa shape index (κ3) is 4.17. The van der Waals surface area contributed by atoms with Crippen LogP contribution in [0.25, 0.3) is 0 Å². The SMILES string of the molecule is CCNC(CCc1nccn1C)Cc1ccc(F)cc1. The van der Waals surface area contributed by atoms with Gasteiger partial charge in [0.1, 0.15) is 11.6 Å². The van der Waals surface area contributed by atoms with Crippen LogP contribution in [0.2, 0.25) is 0 Å². The number of nitrogens with zero attached hydrogens (tertiary/aromatic N) is 2. The molecule has 1 atom stereocenters. The van der Waals surface area contributed by atoms with E-state index in [1.165, 1.54) is 12.1 Å². The lowest BCUT2D eigenvalue weighted by Gasteiger charge is -2.18. The van der Waals surface area contributed by atoms with Crippen LogP contribution >= 0.6 is 0 Å². The summed E-state index contributed by atoms with van der Waals surface area (Å²) in [5, 5.41) is 3.50. The maximum atomic E-state index is 12.9. The van der Waals surface area contributed by atoms with Crippen LogP contribution in [0, 0.1) is 5.82 Å². The van der Waals surface area contributed by atoms with Gasteiger partial charge < -0.3 is 9.88 Å². The van der Waals surface area contributed by atoms with Crippen molar-refractivity contribution in [3.8, 4) is 0 Å². The first-order chi connectivity index (χ1) is 9.69. The molecule has 0 saturated carbocycles. The van der Waals surface area contributed by atoms with Crippen LogP contribution < -0.4 is 5.32 Å². The summed E-state index contributed by atoms with van der Waals surface area (Å²) in [4.78, 5) is 4.35. The number of imidazole rings is 1. The summed E-state index contributed by atoms with van der Waals surface area (Å²) in [7, 11) is 2.02. The highest BCUT2D eigenvalue weighted by Gasteiger charge is 2.10. The van der Waals surface area contributed by atoms with Crippen molar-refractivity contribution in [2.45, 2.75) is 32.2 Å². The highest BCUT2D eigenvalue weighted by molar-refractivity contribution is 5.17. The van der Waals surface area contributed by atoms with Crippen LogP contribution in [0.4, 0.5) is 4.39 Å². The van der Waals surface area contributed by atoms with Crippen molar-refractivity contribution in [2.24, 2.45) is 7.05 Å². The van der Waals surface area contributed by atoms with Crippen LogP contribution in [0.1, 0.15) is 24.7 Å². The monoisotopic (exact) mass is 275 g/mol. The normalized spacial score (nSPS) is 12.6. The number of benzene rings is 1. The van der Waals surface area contributed by atoms with E-state index < -0.39 is 0 Å². The molecule has 1 N–H and O–H groups in total. The van der Waals surface area contributed by atoms with Crippen molar-refractivity contribution in [3.63, 3.8) is 0 Å². The standard InChI is InChI=1S/C16H22FN3/c1-3-18-15(8-9-16-19-10-11-20(16)2)12-13-4-6-14(17)7-5-13/h4-7,10-11,15,18H,3,8-9,12H2,1-2H3. The molecule has 0 amide bonds. The number of aryl methyl sites for hydroxylation is 2. The predicted octanol–water partition coefficient (Wildman–Crippen LogP) is 2.71. The number of hydrogen-bond acceptors (Lipinski definition) is 2. The predicted molar refractivity (Wildman–Crippen MR) is 79.1 cm³/mol. The largest absolute Gasteiger partial charge is 0.338 e. The van der Waals surface area contributed by atoms with Gasteiger partial charge in [-0.15, -0.1) is 0 Å². The summed E-state index contributed by atoms with van der Waals surface area (Å²) in [5.41, 5.74) is 1.16. The Morgan fingerprint density at radius 1 is 1.30 bits per heavy atom. The molecule has 0 aliphatic carbocycles. The Hall–Kier alpha value is -1.68. The molecule has 0 bridgehead atoms. The van der Waals surface area contributed by atoms with Gasteiger partial charge >= 0.3 is 0 Å². The summed E-state index contributed by atoms with van der Waals surface area (Å²) in [6.07, 6.45) is 6.69. The zero-order valence-corrected chi connectivity index (χ0v) is 12.1. The third-order valence-corrected chi connectivity index (χ3v) is 3.53. The number of halogens is 1. The molecule has 0 aliphatic heterocycles. The first kappa shape index (κ1) is 14.7. The van der Waals surface area contributed by atoms with E-state index in [9.17, 15) is 4.39 Å². The highest BCUT2D eigenvalue weighted by Crippen LogP contribution is 2.10. The number of hydrogen-bond donors (Lipinski definition) is 1. The van der Waals surface area contributed by atoms with Gasteiger partial charge in [0, 0.05) is 31.9 Å². The average molecular weight is 275 g/mol. The van der Waals surface area contributed by atoms with Crippen molar-refractivity contribution in [3.05, 3.63) is 53.9 Å². The Morgan fingerprint density at radius 2 is 2.05 bits per heavy atom. The topological polar surface area (TPSA) is 29.9 Å². The Morgan fingerprint density at radius 3 is 2.65 bits per heavy atom. The molecule has 0 aliphatic rings. The maximum absolute atomic E-state index is 12.9. The van der Waals surface area contributed by atoms with Crippen molar-refractivity contribution in [1.82, 2.24) is 14.9 Å². The molecule has 0 radical (unpaired) electrons. The van der Waals surface area contributed by atoms with Crippen molar-refractivity contribution < 1.29 is 4.39 Å². The zero-order chi connectivity index (χ0) is 14.4. The van der Waals surface area contributed by atoms with Gasteiger partial charge in [-0.2, -0.15) is 0 Å². The molecule has 0 fully saturated rings. The van der Waals surface area contributed by atoms with Crippen LogP contribution in [0.3, 0.4) is 0 Å². The molecule has 1 heterocycles. The van der Waals surface area contributed by atoms with Gasteiger partial charge in [0.2, 0.25) is 0 Å². The lowest BCUT2D eigenvalue weighted by atomic mass is 10.0. The summed E-state index contributed by atoms with van der Waals surface area (Å²) in [6, 6.07) is 7.16. The summed E-state index contributed by atoms with van der Waals surface area (Å²) in [5.74, 6) is 0.925. The maximum Gasteiger partial charge on any atom is 0.123 e. The van der Waals surface area contributed by atoms with Gasteiger partial charge in [0.25, 0.3) is 0 Å². The minimum atomic E-state index is -0.179. The second kappa shape index (κ2) is 7.20. The number of rotatable bonds is 7. The fourth-order valence-corrected chi connectivity index (χ4v) is 2.41. The van der Waals surface area contributed by atoms with Gasteiger partial charge in [-0.3, -0.25) is 0 Å². The third-order valence-electron chi connectivity index (χ3n) is 3.53. The molecule has 20 heavy (non-hydrogen) atoms. The quantitative estimate of drug-likeness (QED) is 0.842. The smallest absolute Gasteiger partial charge is 0.123 e. The molecule has 1 aromatic carbocycles. The Bertz CT molecular complexity index is 519. The van der Waals surface area contributed by atoms with Crippen molar-refractivity contribution >= 4 is 0 Å². The van der Waals surface area contributed by atoms with E-state index in [1.54, 1.807) is 0 Å². The van der Waals surface area contributed by atoms with Crippen LogP contribution in [-0.2, 0) is 19.9 Å².